The molecule has 0 saturated heterocycles. The van der Waals surface area contributed by atoms with Gasteiger partial charge in [0.05, 0.1) is 16.8 Å². The van der Waals surface area contributed by atoms with Crippen LogP contribution in [0.4, 0.5) is 0 Å². The zero-order valence-corrected chi connectivity index (χ0v) is 10.9. The van der Waals surface area contributed by atoms with Crippen molar-refractivity contribution in [3.05, 3.63) is 47.0 Å². The normalized spacial score (nSPS) is 10.6. The minimum Gasteiger partial charge on any atom is -0.360 e. The first-order chi connectivity index (χ1) is 9.19. The monoisotopic (exact) mass is 268 g/mol. The molecule has 4 nitrogen and oxygen atoms in total. The number of nitrogens with zero attached hydrogens (tertiary/aromatic N) is 3. The molecule has 0 atom stereocenters. The van der Waals surface area contributed by atoms with Gasteiger partial charge in [0.25, 0.3) is 0 Å². The molecule has 0 spiro atoms. The molecule has 0 fully saturated rings. The quantitative estimate of drug-likeness (QED) is 0.687. The number of rotatable bonds is 1. The van der Waals surface area contributed by atoms with Crippen molar-refractivity contribution in [3.63, 3.8) is 0 Å². The van der Waals surface area contributed by atoms with E-state index in [2.05, 4.69) is 21.0 Å². The number of aryl methyl sites for hydroxylation is 1. The second-order valence-electron chi connectivity index (χ2n) is 4.24. The Hall–Kier alpha value is -2.38. The van der Waals surface area contributed by atoms with Crippen molar-refractivity contribution in [2.75, 3.05) is 0 Å². The summed E-state index contributed by atoms with van der Waals surface area (Å²) in [5.74, 6) is 0. The Labute approximate surface area is 114 Å². The van der Waals surface area contributed by atoms with E-state index < -0.39 is 0 Å². The number of nitrogens with one attached hydrogen (secondary N) is 1. The van der Waals surface area contributed by atoms with Gasteiger partial charge < -0.3 is 4.98 Å². The molecule has 2 heterocycles. The van der Waals surface area contributed by atoms with Gasteiger partial charge in [-0.1, -0.05) is 0 Å². The summed E-state index contributed by atoms with van der Waals surface area (Å²) in [6.45, 7) is 2.00. The molecule has 19 heavy (non-hydrogen) atoms. The molecule has 0 aliphatic carbocycles. The van der Waals surface area contributed by atoms with Crippen LogP contribution in [0.15, 0.2) is 30.6 Å². The van der Waals surface area contributed by atoms with E-state index in [1.54, 1.807) is 18.3 Å². The van der Waals surface area contributed by atoms with Crippen LogP contribution in [-0.2, 0) is 0 Å². The third-order valence-electron chi connectivity index (χ3n) is 3.04. The van der Waals surface area contributed by atoms with Gasteiger partial charge in [-0.15, -0.1) is 0 Å². The Morgan fingerprint density at radius 2 is 2.21 bits per heavy atom. The Kier molecular flexibility index (Phi) is 2.69. The largest absolute Gasteiger partial charge is 0.360 e. The Bertz CT molecular complexity index is 814. The molecule has 5 heteroatoms. The number of aromatic amines is 1. The van der Waals surface area contributed by atoms with E-state index in [9.17, 15) is 5.26 Å². The molecular formula is C14H9ClN4. The van der Waals surface area contributed by atoms with Gasteiger partial charge in [0.1, 0.15) is 6.07 Å². The molecule has 92 valence electrons. The summed E-state index contributed by atoms with van der Waals surface area (Å²) < 4.78 is 0. The Morgan fingerprint density at radius 1 is 1.37 bits per heavy atom. The van der Waals surface area contributed by atoms with E-state index in [1.807, 2.05) is 19.2 Å². The van der Waals surface area contributed by atoms with Crippen LogP contribution in [0, 0.1) is 18.3 Å². The third kappa shape index (κ3) is 1.94. The van der Waals surface area contributed by atoms with Crippen LogP contribution in [0.2, 0.25) is 5.28 Å². The highest BCUT2D eigenvalue weighted by atomic mass is 35.5. The number of fused-ring (bicyclic) bond motifs is 1. The van der Waals surface area contributed by atoms with Gasteiger partial charge in [-0.05, 0) is 42.3 Å². The van der Waals surface area contributed by atoms with E-state index in [0.717, 1.165) is 22.0 Å². The van der Waals surface area contributed by atoms with Crippen molar-refractivity contribution >= 4 is 22.5 Å². The van der Waals surface area contributed by atoms with Gasteiger partial charge in [-0.3, -0.25) is 0 Å². The number of hydrogen-bond donors (Lipinski definition) is 1. The van der Waals surface area contributed by atoms with Crippen LogP contribution in [0.3, 0.4) is 0 Å². The first kappa shape index (κ1) is 11.7. The first-order valence-corrected chi connectivity index (χ1v) is 6.07. The summed E-state index contributed by atoms with van der Waals surface area (Å²) in [6.07, 6.45) is 3.49. The topological polar surface area (TPSA) is 65.4 Å². The maximum absolute atomic E-state index is 9.24. The van der Waals surface area contributed by atoms with Crippen molar-refractivity contribution in [3.8, 4) is 17.3 Å². The fourth-order valence-electron chi connectivity index (χ4n) is 2.10. The van der Waals surface area contributed by atoms with E-state index in [-0.39, 0.29) is 5.28 Å². The van der Waals surface area contributed by atoms with Crippen molar-refractivity contribution in [1.29, 1.82) is 5.26 Å². The van der Waals surface area contributed by atoms with Crippen LogP contribution in [0.1, 0.15) is 11.1 Å². The molecule has 1 aromatic carbocycles. The van der Waals surface area contributed by atoms with E-state index >= 15 is 0 Å². The van der Waals surface area contributed by atoms with Gasteiger partial charge in [0.15, 0.2) is 0 Å². The minimum absolute atomic E-state index is 0.196. The summed E-state index contributed by atoms with van der Waals surface area (Å²) in [7, 11) is 0. The van der Waals surface area contributed by atoms with Crippen molar-refractivity contribution in [2.24, 2.45) is 0 Å². The molecule has 0 bridgehead atoms. The van der Waals surface area contributed by atoms with Gasteiger partial charge in [-0.2, -0.15) is 5.26 Å². The molecule has 0 aliphatic heterocycles. The second kappa shape index (κ2) is 4.38. The molecule has 1 N–H and O–H groups in total. The molecule has 0 amide bonds. The smallest absolute Gasteiger partial charge is 0.222 e. The highest BCUT2D eigenvalue weighted by Crippen LogP contribution is 2.28. The van der Waals surface area contributed by atoms with Crippen molar-refractivity contribution in [2.45, 2.75) is 6.92 Å². The first-order valence-electron chi connectivity index (χ1n) is 5.70. The Balaban J connectivity index is 2.31. The predicted molar refractivity (Wildman–Crippen MR) is 73.8 cm³/mol. The van der Waals surface area contributed by atoms with Gasteiger partial charge in [0, 0.05) is 23.3 Å². The summed E-state index contributed by atoms with van der Waals surface area (Å²) in [5.41, 5.74) is 4.10. The van der Waals surface area contributed by atoms with Gasteiger partial charge in [-0.25, -0.2) is 9.97 Å². The summed E-state index contributed by atoms with van der Waals surface area (Å²) in [5, 5.41) is 10.5. The van der Waals surface area contributed by atoms with E-state index in [0.29, 0.717) is 11.3 Å². The Morgan fingerprint density at radius 3 is 2.95 bits per heavy atom. The third-order valence-corrected chi connectivity index (χ3v) is 3.22. The van der Waals surface area contributed by atoms with Gasteiger partial charge in [0.2, 0.25) is 5.28 Å². The number of aromatic nitrogens is 3. The zero-order chi connectivity index (χ0) is 13.4. The molecule has 0 aliphatic rings. The summed E-state index contributed by atoms with van der Waals surface area (Å²) in [4.78, 5) is 11.2. The van der Waals surface area contributed by atoms with Crippen molar-refractivity contribution in [1.82, 2.24) is 15.0 Å². The maximum atomic E-state index is 9.24. The molecule has 2 aromatic heterocycles. The number of nitriles is 1. The number of H-pyrrole nitrogens is 1. The number of benzene rings is 1. The van der Waals surface area contributed by atoms with E-state index in [4.69, 9.17) is 11.6 Å². The minimum atomic E-state index is 0.196. The predicted octanol–water partition coefficient (Wildman–Crippen LogP) is 3.46. The molecule has 3 aromatic rings. The lowest BCUT2D eigenvalue weighted by molar-refractivity contribution is 1.17. The van der Waals surface area contributed by atoms with Crippen LogP contribution >= 0.6 is 11.6 Å². The molecule has 0 radical (unpaired) electrons. The second-order valence-corrected chi connectivity index (χ2v) is 4.58. The zero-order valence-electron chi connectivity index (χ0n) is 10.1. The average Bonchev–Trinajstić information content (AvgIpc) is 2.80. The maximum Gasteiger partial charge on any atom is 0.222 e. The van der Waals surface area contributed by atoms with Crippen LogP contribution in [0.25, 0.3) is 22.2 Å². The van der Waals surface area contributed by atoms with E-state index in [1.165, 1.54) is 0 Å². The number of halogens is 1. The lowest BCUT2D eigenvalue weighted by Gasteiger charge is -2.03. The molecular weight excluding hydrogens is 260 g/mol. The van der Waals surface area contributed by atoms with Gasteiger partial charge >= 0.3 is 0 Å². The highest BCUT2D eigenvalue weighted by molar-refractivity contribution is 6.28. The fraction of sp³-hybridized carbons (Fsp3) is 0.0714. The summed E-state index contributed by atoms with van der Waals surface area (Å²) in [6, 6.07) is 7.78. The fourth-order valence-corrected chi connectivity index (χ4v) is 2.25. The average molecular weight is 269 g/mol. The van der Waals surface area contributed by atoms with Crippen LogP contribution < -0.4 is 0 Å². The van der Waals surface area contributed by atoms with Crippen LogP contribution in [0.5, 0.6) is 0 Å². The molecule has 3 rings (SSSR count). The standard InChI is InChI=1S/C14H9ClN4/c1-8-7-18-13-10(6-16)4-9(5-11(8)13)12-2-3-17-14(15)19-12/h2-5,7,18H,1H3. The van der Waals surface area contributed by atoms with Crippen molar-refractivity contribution < 1.29 is 0 Å². The molecule has 0 saturated carbocycles. The van der Waals surface area contributed by atoms with Crippen LogP contribution in [-0.4, -0.2) is 15.0 Å². The summed E-state index contributed by atoms with van der Waals surface area (Å²) >= 11 is 5.80. The lowest BCUT2D eigenvalue weighted by atomic mass is 10.0. The lowest BCUT2D eigenvalue weighted by Crippen LogP contribution is -1.88. The number of hydrogen-bond acceptors (Lipinski definition) is 3. The highest BCUT2D eigenvalue weighted by Gasteiger charge is 2.10. The SMILES string of the molecule is Cc1c[nH]c2c(C#N)cc(-c3ccnc(Cl)n3)cc12. The molecule has 0 unspecified atom stereocenters.